The number of hydrogen-bond donors (Lipinski definition) is 3. The van der Waals surface area contributed by atoms with Gasteiger partial charge in [-0.3, -0.25) is 4.79 Å². The number of hydrogen-bond acceptors (Lipinski definition) is 6. The van der Waals surface area contributed by atoms with E-state index in [0.29, 0.717) is 24.0 Å². The molecule has 0 spiro atoms. The average molecular weight is 515 g/mol. The van der Waals surface area contributed by atoms with Gasteiger partial charge in [0.25, 0.3) is 0 Å². The van der Waals surface area contributed by atoms with Crippen LogP contribution in [0.5, 0.6) is 0 Å². The molecule has 8 heteroatoms. The van der Waals surface area contributed by atoms with Crippen LogP contribution in [0.25, 0.3) is 0 Å². The van der Waals surface area contributed by atoms with Crippen molar-refractivity contribution in [3.8, 4) is 0 Å². The summed E-state index contributed by atoms with van der Waals surface area (Å²) in [4.78, 5) is 37.5. The number of ether oxygens (including phenoxy) is 2. The Hall–Kier alpha value is -2.29. The highest BCUT2D eigenvalue weighted by Gasteiger charge is 2.67. The lowest BCUT2D eigenvalue weighted by Gasteiger charge is -2.56. The second kappa shape index (κ2) is 8.10. The average Bonchev–Trinajstić information content (AvgIpc) is 3.38. The number of rotatable bonds is 5. The maximum atomic E-state index is 13.4. The van der Waals surface area contributed by atoms with Crippen LogP contribution in [0.1, 0.15) is 73.6 Å². The molecule has 2 bridgehead atoms. The molecule has 0 unspecified atom stereocenters. The first kappa shape index (κ1) is 26.3. The maximum absolute atomic E-state index is 13.4. The standard InChI is InChI=1S/C29H38O8/c1-14(23(31)32)9-17-10-15(2)27(5)21(36-17)12-18-22(24(33)34)16(11-19(30)28(18,27)6)13-29-8-7-20(37-29)26(3,4)25(29)35/h9,12,15,17,19-21,30H,7-8,10-11,13H2,1-6H3,(H,31,32)(H,33,34)/b14-9+/t15-,17-,19-,20+,21+,27-,28+,29+/m1/s1. The minimum Gasteiger partial charge on any atom is -0.478 e. The van der Waals surface area contributed by atoms with Gasteiger partial charge in [0.2, 0.25) is 0 Å². The van der Waals surface area contributed by atoms with Crippen LogP contribution < -0.4 is 0 Å². The van der Waals surface area contributed by atoms with E-state index < -0.39 is 52.1 Å². The Morgan fingerprint density at radius 3 is 2.43 bits per heavy atom. The molecular formula is C29H38O8. The summed E-state index contributed by atoms with van der Waals surface area (Å²) < 4.78 is 12.6. The molecule has 202 valence electrons. The monoisotopic (exact) mass is 514 g/mol. The molecule has 5 rings (SSSR count). The summed E-state index contributed by atoms with van der Waals surface area (Å²) in [7, 11) is 0. The van der Waals surface area contributed by atoms with Crippen molar-refractivity contribution in [2.45, 2.75) is 104 Å². The predicted molar refractivity (Wildman–Crippen MR) is 134 cm³/mol. The van der Waals surface area contributed by atoms with Gasteiger partial charge in [0.15, 0.2) is 5.78 Å². The van der Waals surface area contributed by atoms with E-state index in [1.807, 2.05) is 33.8 Å². The first-order valence-corrected chi connectivity index (χ1v) is 13.3. The van der Waals surface area contributed by atoms with Crippen molar-refractivity contribution in [3.63, 3.8) is 0 Å². The van der Waals surface area contributed by atoms with Gasteiger partial charge in [0.05, 0.1) is 35.4 Å². The van der Waals surface area contributed by atoms with E-state index in [1.54, 1.807) is 6.08 Å². The largest absolute Gasteiger partial charge is 0.478 e. The molecule has 37 heavy (non-hydrogen) atoms. The van der Waals surface area contributed by atoms with Gasteiger partial charge in [0, 0.05) is 22.8 Å². The number of aliphatic carboxylic acids is 2. The summed E-state index contributed by atoms with van der Waals surface area (Å²) in [5, 5.41) is 31.5. The Morgan fingerprint density at radius 2 is 1.86 bits per heavy atom. The van der Waals surface area contributed by atoms with Gasteiger partial charge in [-0.1, -0.05) is 40.7 Å². The molecule has 0 radical (unpaired) electrons. The van der Waals surface area contributed by atoms with Crippen LogP contribution >= 0.6 is 0 Å². The summed E-state index contributed by atoms with van der Waals surface area (Å²) in [5.41, 5.74) is -1.70. The summed E-state index contributed by atoms with van der Waals surface area (Å²) in [6.45, 7) is 11.3. The third kappa shape index (κ3) is 3.34. The molecule has 8 atom stereocenters. The number of Topliss-reactive ketones (excluding diaryl/α,β-unsaturated/α-hetero) is 1. The molecule has 0 aromatic carbocycles. The number of aliphatic hydroxyl groups is 1. The minimum atomic E-state index is -1.08. The van der Waals surface area contributed by atoms with Gasteiger partial charge in [-0.25, -0.2) is 9.59 Å². The van der Waals surface area contributed by atoms with Crippen molar-refractivity contribution in [3.05, 3.63) is 34.4 Å². The highest BCUT2D eigenvalue weighted by atomic mass is 16.5. The highest BCUT2D eigenvalue weighted by molar-refractivity contribution is 5.97. The Balaban J connectivity index is 1.57. The van der Waals surface area contributed by atoms with Crippen molar-refractivity contribution >= 4 is 17.7 Å². The highest BCUT2D eigenvalue weighted by Crippen LogP contribution is 2.67. The zero-order valence-electron chi connectivity index (χ0n) is 22.5. The van der Waals surface area contributed by atoms with Crippen molar-refractivity contribution in [1.29, 1.82) is 0 Å². The SMILES string of the molecule is C/C(=C\[C@@H]1C[C@@H](C)[C@]2(C)[C@H](C=C3C(C(=O)O)=C(C[C@]45CC[C@H](O4)C(C)(C)C5=O)C[C@@H](O)[C@]32C)O1)C(=O)O. The van der Waals surface area contributed by atoms with Crippen molar-refractivity contribution in [2.75, 3.05) is 0 Å². The van der Waals surface area contributed by atoms with Gasteiger partial charge >= 0.3 is 11.9 Å². The zero-order valence-corrected chi connectivity index (χ0v) is 22.5. The van der Waals surface area contributed by atoms with Crippen LogP contribution in [0.4, 0.5) is 0 Å². The van der Waals surface area contributed by atoms with Gasteiger partial charge in [-0.05, 0) is 55.7 Å². The normalized spacial score (nSPS) is 44.5. The Morgan fingerprint density at radius 1 is 1.19 bits per heavy atom. The molecule has 0 saturated carbocycles. The molecule has 2 aliphatic carbocycles. The number of carbonyl (C=O) groups is 3. The fraction of sp³-hybridized carbons (Fsp3) is 0.690. The molecular weight excluding hydrogens is 476 g/mol. The number of aliphatic hydroxyl groups excluding tert-OH is 1. The summed E-state index contributed by atoms with van der Waals surface area (Å²) in [5.74, 6) is -2.07. The summed E-state index contributed by atoms with van der Waals surface area (Å²) >= 11 is 0. The van der Waals surface area contributed by atoms with E-state index in [4.69, 9.17) is 9.47 Å². The molecule has 3 N–H and O–H groups in total. The van der Waals surface area contributed by atoms with E-state index in [9.17, 15) is 29.7 Å². The van der Waals surface area contributed by atoms with Crippen molar-refractivity contribution in [1.82, 2.24) is 0 Å². The molecule has 3 aliphatic heterocycles. The molecule has 3 saturated heterocycles. The van der Waals surface area contributed by atoms with E-state index in [0.717, 1.165) is 6.42 Å². The van der Waals surface area contributed by atoms with Crippen LogP contribution in [0.15, 0.2) is 34.4 Å². The molecule has 5 aliphatic rings. The van der Waals surface area contributed by atoms with Crippen LogP contribution in [-0.4, -0.2) is 63.1 Å². The molecule has 0 aromatic rings. The van der Waals surface area contributed by atoms with E-state index in [1.165, 1.54) is 6.92 Å². The zero-order chi connectivity index (χ0) is 27.3. The smallest absolute Gasteiger partial charge is 0.335 e. The Labute approximate surface area is 217 Å². The van der Waals surface area contributed by atoms with Crippen molar-refractivity contribution in [2.24, 2.45) is 22.2 Å². The summed E-state index contributed by atoms with van der Waals surface area (Å²) in [6, 6.07) is 0. The molecule has 0 aromatic heterocycles. The third-order valence-corrected chi connectivity index (χ3v) is 10.7. The topological polar surface area (TPSA) is 130 Å². The fourth-order valence-corrected chi connectivity index (χ4v) is 8.11. The first-order chi connectivity index (χ1) is 17.1. The maximum Gasteiger partial charge on any atom is 0.335 e. The molecule has 3 fully saturated rings. The van der Waals surface area contributed by atoms with Crippen molar-refractivity contribution < 1.29 is 39.2 Å². The molecule has 0 amide bonds. The number of carbonyl (C=O) groups excluding carboxylic acids is 1. The number of carboxylic acids is 2. The second-order valence-electron chi connectivity index (χ2n) is 12.8. The fourth-order valence-electron chi connectivity index (χ4n) is 8.11. The Bertz CT molecular complexity index is 1180. The van der Waals surface area contributed by atoms with Gasteiger partial charge < -0.3 is 24.8 Å². The molecule has 8 nitrogen and oxygen atoms in total. The van der Waals surface area contributed by atoms with Crippen LogP contribution in [0.2, 0.25) is 0 Å². The van der Waals surface area contributed by atoms with Gasteiger partial charge in [-0.15, -0.1) is 0 Å². The Kier molecular flexibility index (Phi) is 5.77. The minimum absolute atomic E-state index is 0.00816. The second-order valence-corrected chi connectivity index (χ2v) is 12.8. The van der Waals surface area contributed by atoms with E-state index >= 15 is 0 Å². The van der Waals surface area contributed by atoms with Crippen LogP contribution in [0, 0.1) is 22.2 Å². The number of carboxylic acid groups (broad SMARTS) is 2. The van der Waals surface area contributed by atoms with Gasteiger partial charge in [-0.2, -0.15) is 0 Å². The molecule has 3 heterocycles. The first-order valence-electron chi connectivity index (χ1n) is 13.3. The third-order valence-electron chi connectivity index (χ3n) is 10.7. The summed E-state index contributed by atoms with van der Waals surface area (Å²) in [6.07, 6.45) is 3.65. The van der Waals surface area contributed by atoms with Crippen LogP contribution in [-0.2, 0) is 23.9 Å². The predicted octanol–water partition coefficient (Wildman–Crippen LogP) is 3.83. The lowest BCUT2D eigenvalue weighted by atomic mass is 9.51. The van der Waals surface area contributed by atoms with Crippen LogP contribution in [0.3, 0.4) is 0 Å². The van der Waals surface area contributed by atoms with Gasteiger partial charge in [0.1, 0.15) is 5.60 Å². The quantitative estimate of drug-likeness (QED) is 0.472. The van der Waals surface area contributed by atoms with E-state index in [2.05, 4.69) is 6.92 Å². The van der Waals surface area contributed by atoms with E-state index in [-0.39, 0.29) is 41.8 Å². The number of ketones is 1. The lowest BCUT2D eigenvalue weighted by Crippen LogP contribution is -2.58. The lowest BCUT2D eigenvalue weighted by molar-refractivity contribution is -0.169. The number of fused-ring (bicyclic) bond motifs is 5.